The van der Waals surface area contributed by atoms with Gasteiger partial charge in [0, 0.05) is 19.7 Å². The van der Waals surface area contributed by atoms with E-state index in [1.807, 2.05) is 0 Å². The van der Waals surface area contributed by atoms with Crippen LogP contribution in [-0.2, 0) is 4.74 Å². The second kappa shape index (κ2) is 8.97. The number of hydrogen-bond donors (Lipinski definition) is 1. The number of hydrogen-bond acceptors (Lipinski definition) is 3. The van der Waals surface area contributed by atoms with Crippen LogP contribution in [0.2, 0.25) is 0 Å². The third-order valence-corrected chi connectivity index (χ3v) is 3.31. The molecule has 3 heteroatoms. The molecule has 0 aromatic carbocycles. The molecule has 2 N–H and O–H groups in total. The lowest BCUT2D eigenvalue weighted by molar-refractivity contribution is 0.00702. The fourth-order valence-electron chi connectivity index (χ4n) is 2.22. The van der Waals surface area contributed by atoms with E-state index in [0.717, 1.165) is 19.6 Å². The molecule has 96 valence electrons. The Balaban J connectivity index is 2.00. The maximum atomic E-state index is 5.79. The van der Waals surface area contributed by atoms with Gasteiger partial charge in [-0.05, 0) is 38.8 Å². The molecule has 1 heterocycles. The molecule has 1 saturated heterocycles. The number of rotatable bonds is 8. The van der Waals surface area contributed by atoms with Crippen LogP contribution in [0.3, 0.4) is 0 Å². The Kier molecular flexibility index (Phi) is 7.81. The van der Waals surface area contributed by atoms with E-state index in [0.29, 0.717) is 6.10 Å². The van der Waals surface area contributed by atoms with E-state index in [9.17, 15) is 0 Å². The summed E-state index contributed by atoms with van der Waals surface area (Å²) < 4.78 is 5.79. The Morgan fingerprint density at radius 2 is 1.94 bits per heavy atom. The van der Waals surface area contributed by atoms with Gasteiger partial charge in [0.2, 0.25) is 0 Å². The first-order valence-corrected chi connectivity index (χ1v) is 6.90. The van der Waals surface area contributed by atoms with E-state index in [1.54, 1.807) is 0 Å². The highest BCUT2D eigenvalue weighted by atomic mass is 16.5. The maximum Gasteiger partial charge on any atom is 0.0599 e. The second-order valence-corrected chi connectivity index (χ2v) is 4.76. The van der Waals surface area contributed by atoms with Crippen molar-refractivity contribution in [3.8, 4) is 0 Å². The number of nitrogens with two attached hydrogens (primary N) is 1. The van der Waals surface area contributed by atoms with E-state index in [2.05, 4.69) is 11.8 Å². The average molecular weight is 228 g/mol. The molecule has 1 fully saturated rings. The number of nitrogens with zero attached hydrogens (tertiary/aromatic N) is 1. The third-order valence-electron chi connectivity index (χ3n) is 3.31. The number of piperidine rings is 1. The van der Waals surface area contributed by atoms with Gasteiger partial charge in [0.1, 0.15) is 0 Å². The molecule has 0 unspecified atom stereocenters. The normalized spacial score (nSPS) is 19.1. The largest absolute Gasteiger partial charge is 0.378 e. The van der Waals surface area contributed by atoms with E-state index in [1.165, 1.54) is 51.7 Å². The zero-order valence-corrected chi connectivity index (χ0v) is 10.8. The molecule has 0 saturated carbocycles. The first kappa shape index (κ1) is 13.9. The molecule has 0 amide bonds. The smallest absolute Gasteiger partial charge is 0.0599 e. The Bertz CT molecular complexity index is 138. The summed E-state index contributed by atoms with van der Waals surface area (Å²) >= 11 is 0. The monoisotopic (exact) mass is 228 g/mol. The lowest BCUT2D eigenvalue weighted by Gasteiger charge is -2.31. The van der Waals surface area contributed by atoms with Crippen molar-refractivity contribution in [3.63, 3.8) is 0 Å². The van der Waals surface area contributed by atoms with Crippen molar-refractivity contribution < 1.29 is 4.74 Å². The molecular weight excluding hydrogens is 200 g/mol. The Morgan fingerprint density at radius 1 is 1.19 bits per heavy atom. The lowest BCUT2D eigenvalue weighted by atomic mass is 10.1. The quantitative estimate of drug-likeness (QED) is 0.646. The zero-order chi connectivity index (χ0) is 11.6. The molecule has 0 aliphatic carbocycles. The molecule has 1 aliphatic heterocycles. The predicted molar refractivity (Wildman–Crippen MR) is 68.6 cm³/mol. The Morgan fingerprint density at radius 3 is 2.56 bits per heavy atom. The summed E-state index contributed by atoms with van der Waals surface area (Å²) in [6, 6.07) is 0. The molecule has 0 radical (unpaired) electrons. The number of unbranched alkanes of at least 4 members (excludes halogenated alkanes) is 2. The van der Waals surface area contributed by atoms with E-state index in [4.69, 9.17) is 10.5 Å². The molecule has 16 heavy (non-hydrogen) atoms. The molecule has 1 rings (SSSR count). The summed E-state index contributed by atoms with van der Waals surface area (Å²) in [4.78, 5) is 2.58. The summed E-state index contributed by atoms with van der Waals surface area (Å²) in [6.07, 6.45) is 7.94. The van der Waals surface area contributed by atoms with Gasteiger partial charge in [-0.1, -0.05) is 19.8 Å². The van der Waals surface area contributed by atoms with Gasteiger partial charge in [0.05, 0.1) is 6.10 Å². The first-order chi connectivity index (χ1) is 7.86. The van der Waals surface area contributed by atoms with Gasteiger partial charge in [-0.25, -0.2) is 0 Å². The number of likely N-dealkylation sites (tertiary alicyclic amines) is 1. The van der Waals surface area contributed by atoms with Crippen LogP contribution in [0.25, 0.3) is 0 Å². The van der Waals surface area contributed by atoms with Gasteiger partial charge < -0.3 is 15.4 Å². The summed E-state index contributed by atoms with van der Waals surface area (Å²) in [5.41, 5.74) is 5.45. The van der Waals surface area contributed by atoms with Gasteiger partial charge in [0.15, 0.2) is 0 Å². The minimum atomic E-state index is 0.494. The Hall–Kier alpha value is -0.120. The molecule has 0 spiro atoms. The maximum absolute atomic E-state index is 5.79. The third kappa shape index (κ3) is 5.83. The molecule has 0 aromatic heterocycles. The van der Waals surface area contributed by atoms with Crippen LogP contribution in [-0.4, -0.2) is 43.8 Å². The summed E-state index contributed by atoms with van der Waals surface area (Å²) in [5.74, 6) is 0. The second-order valence-electron chi connectivity index (χ2n) is 4.76. The van der Waals surface area contributed by atoms with Crippen LogP contribution in [0.5, 0.6) is 0 Å². The topological polar surface area (TPSA) is 38.5 Å². The predicted octanol–water partition coefficient (Wildman–Crippen LogP) is 2.01. The first-order valence-electron chi connectivity index (χ1n) is 6.90. The highest BCUT2D eigenvalue weighted by Gasteiger charge is 2.18. The molecular formula is C13H28N2O. The van der Waals surface area contributed by atoms with Gasteiger partial charge in [-0.2, -0.15) is 0 Å². The van der Waals surface area contributed by atoms with Crippen molar-refractivity contribution in [1.29, 1.82) is 0 Å². The van der Waals surface area contributed by atoms with Crippen LogP contribution < -0.4 is 5.73 Å². The van der Waals surface area contributed by atoms with E-state index >= 15 is 0 Å². The van der Waals surface area contributed by atoms with Crippen molar-refractivity contribution in [3.05, 3.63) is 0 Å². The molecule has 0 aromatic rings. The van der Waals surface area contributed by atoms with Crippen LogP contribution in [0, 0.1) is 0 Å². The van der Waals surface area contributed by atoms with Gasteiger partial charge in [0.25, 0.3) is 0 Å². The SMILES string of the molecule is CCCCCN1CCC(OCCCN)CC1. The summed E-state index contributed by atoms with van der Waals surface area (Å²) in [6.45, 7) is 7.57. The highest BCUT2D eigenvalue weighted by molar-refractivity contribution is 4.72. The van der Waals surface area contributed by atoms with Crippen molar-refractivity contribution >= 4 is 0 Å². The van der Waals surface area contributed by atoms with Crippen LogP contribution in [0.4, 0.5) is 0 Å². The number of ether oxygens (including phenoxy) is 1. The van der Waals surface area contributed by atoms with Crippen molar-refractivity contribution in [1.82, 2.24) is 4.90 Å². The summed E-state index contributed by atoms with van der Waals surface area (Å²) in [7, 11) is 0. The fourth-order valence-corrected chi connectivity index (χ4v) is 2.22. The van der Waals surface area contributed by atoms with Gasteiger partial charge in [-0.15, -0.1) is 0 Å². The lowest BCUT2D eigenvalue weighted by Crippen LogP contribution is -2.37. The van der Waals surface area contributed by atoms with E-state index in [-0.39, 0.29) is 0 Å². The van der Waals surface area contributed by atoms with Crippen molar-refractivity contribution in [2.24, 2.45) is 5.73 Å². The summed E-state index contributed by atoms with van der Waals surface area (Å²) in [5, 5.41) is 0. The molecule has 3 nitrogen and oxygen atoms in total. The van der Waals surface area contributed by atoms with Gasteiger partial charge >= 0.3 is 0 Å². The van der Waals surface area contributed by atoms with Crippen molar-refractivity contribution in [2.75, 3.05) is 32.8 Å². The fraction of sp³-hybridized carbons (Fsp3) is 1.00. The zero-order valence-electron chi connectivity index (χ0n) is 10.8. The minimum absolute atomic E-state index is 0.494. The van der Waals surface area contributed by atoms with Crippen LogP contribution in [0.15, 0.2) is 0 Å². The minimum Gasteiger partial charge on any atom is -0.378 e. The molecule has 0 bridgehead atoms. The van der Waals surface area contributed by atoms with Gasteiger partial charge in [-0.3, -0.25) is 0 Å². The average Bonchev–Trinajstić information content (AvgIpc) is 2.32. The van der Waals surface area contributed by atoms with Crippen LogP contribution in [0.1, 0.15) is 45.4 Å². The van der Waals surface area contributed by atoms with Crippen LogP contribution >= 0.6 is 0 Å². The van der Waals surface area contributed by atoms with E-state index < -0.39 is 0 Å². The molecule has 0 atom stereocenters. The van der Waals surface area contributed by atoms with Crippen molar-refractivity contribution in [2.45, 2.75) is 51.6 Å². The highest BCUT2D eigenvalue weighted by Crippen LogP contribution is 2.14. The standard InChI is InChI=1S/C13H28N2O/c1-2-3-4-9-15-10-6-13(7-11-15)16-12-5-8-14/h13H,2-12,14H2,1H3. The molecule has 1 aliphatic rings. The Labute approximate surface area is 100 Å².